The van der Waals surface area contributed by atoms with Crippen LogP contribution in [0.2, 0.25) is 0 Å². The van der Waals surface area contributed by atoms with Gasteiger partial charge in [0.1, 0.15) is 0 Å². The summed E-state index contributed by atoms with van der Waals surface area (Å²) in [6.07, 6.45) is 1.49. The molecule has 0 saturated carbocycles. The van der Waals surface area contributed by atoms with Crippen molar-refractivity contribution in [2.75, 3.05) is 7.11 Å². The second-order valence-corrected chi connectivity index (χ2v) is 3.36. The van der Waals surface area contributed by atoms with Gasteiger partial charge in [-0.3, -0.25) is 4.79 Å². The molecule has 3 nitrogen and oxygen atoms in total. The van der Waals surface area contributed by atoms with E-state index in [-0.39, 0.29) is 11.4 Å². The van der Waals surface area contributed by atoms with Gasteiger partial charge in [0.15, 0.2) is 5.67 Å². The first kappa shape index (κ1) is 10.6. The molecule has 0 aliphatic carbocycles. The van der Waals surface area contributed by atoms with Gasteiger partial charge in [-0.05, 0) is 26.0 Å². The number of ketones is 1. The van der Waals surface area contributed by atoms with E-state index in [2.05, 4.69) is 4.98 Å². The number of hydrogen-bond acceptors (Lipinski definition) is 3. The highest BCUT2D eigenvalue weighted by Gasteiger charge is 2.30. The van der Waals surface area contributed by atoms with Crippen molar-refractivity contribution in [3.05, 3.63) is 23.9 Å². The molecule has 0 aliphatic heterocycles. The number of ether oxygens (including phenoxy) is 1. The Morgan fingerprint density at radius 2 is 2.21 bits per heavy atom. The molecule has 0 saturated heterocycles. The predicted octanol–water partition coefficient (Wildman–Crippen LogP) is 2.02. The van der Waals surface area contributed by atoms with Gasteiger partial charge in [0.05, 0.1) is 12.7 Å². The fraction of sp³-hybridized carbons (Fsp3) is 0.400. The number of Topliss-reactive ketones (excluding diaryl/α,β-unsaturated/α-hetero) is 1. The molecule has 76 valence electrons. The number of halogens is 1. The molecular weight excluding hydrogens is 185 g/mol. The average Bonchev–Trinajstić information content (AvgIpc) is 2.15. The monoisotopic (exact) mass is 197 g/mol. The number of aromatic nitrogens is 1. The number of methoxy groups -OCH3 is 1. The molecule has 0 unspecified atom stereocenters. The van der Waals surface area contributed by atoms with E-state index in [1.54, 1.807) is 6.07 Å². The Hall–Kier alpha value is -1.45. The third kappa shape index (κ3) is 2.07. The Kier molecular flexibility index (Phi) is 2.84. The lowest BCUT2D eigenvalue weighted by molar-refractivity contribution is 0.0756. The largest absolute Gasteiger partial charge is 0.480 e. The Morgan fingerprint density at radius 3 is 2.71 bits per heavy atom. The van der Waals surface area contributed by atoms with Crippen molar-refractivity contribution in [1.82, 2.24) is 4.98 Å². The fourth-order valence-corrected chi connectivity index (χ4v) is 1.05. The van der Waals surface area contributed by atoms with Gasteiger partial charge in [-0.1, -0.05) is 0 Å². The Labute approximate surface area is 81.9 Å². The minimum absolute atomic E-state index is 0.156. The first-order valence-corrected chi connectivity index (χ1v) is 4.19. The minimum atomic E-state index is -1.91. The molecule has 0 aliphatic rings. The normalized spacial score (nSPS) is 11.1. The van der Waals surface area contributed by atoms with E-state index >= 15 is 0 Å². The van der Waals surface area contributed by atoms with E-state index < -0.39 is 11.5 Å². The van der Waals surface area contributed by atoms with Gasteiger partial charge in [-0.25, -0.2) is 9.37 Å². The first-order chi connectivity index (χ1) is 6.46. The Bertz CT molecular complexity index is 344. The summed E-state index contributed by atoms with van der Waals surface area (Å²) in [5.41, 5.74) is -1.74. The van der Waals surface area contributed by atoms with Crippen molar-refractivity contribution in [2.45, 2.75) is 19.5 Å². The minimum Gasteiger partial charge on any atom is -0.480 e. The number of rotatable bonds is 3. The molecular formula is C10H12FNO2. The summed E-state index contributed by atoms with van der Waals surface area (Å²) < 4.78 is 18.2. The summed E-state index contributed by atoms with van der Waals surface area (Å²) in [6, 6.07) is 3.07. The van der Waals surface area contributed by atoms with Crippen LogP contribution >= 0.6 is 0 Å². The molecule has 0 N–H and O–H groups in total. The molecule has 0 aromatic carbocycles. The highest BCUT2D eigenvalue weighted by atomic mass is 19.1. The average molecular weight is 197 g/mol. The molecule has 4 heteroatoms. The molecule has 14 heavy (non-hydrogen) atoms. The Morgan fingerprint density at radius 1 is 1.57 bits per heavy atom. The van der Waals surface area contributed by atoms with Crippen LogP contribution in [-0.4, -0.2) is 23.5 Å². The first-order valence-electron chi connectivity index (χ1n) is 4.19. The summed E-state index contributed by atoms with van der Waals surface area (Å²) in [5.74, 6) is -0.467. The van der Waals surface area contributed by atoms with Gasteiger partial charge in [-0.2, -0.15) is 0 Å². The van der Waals surface area contributed by atoms with Crippen LogP contribution < -0.4 is 4.74 Å². The highest BCUT2D eigenvalue weighted by molar-refractivity contribution is 6.03. The lowest BCUT2D eigenvalue weighted by Crippen LogP contribution is -2.26. The zero-order chi connectivity index (χ0) is 10.8. The summed E-state index contributed by atoms with van der Waals surface area (Å²) in [4.78, 5) is 15.4. The van der Waals surface area contributed by atoms with Crippen LogP contribution in [-0.2, 0) is 0 Å². The van der Waals surface area contributed by atoms with E-state index in [1.807, 2.05) is 0 Å². The molecule has 0 radical (unpaired) electrons. The maximum Gasteiger partial charge on any atom is 0.224 e. The standard InChI is InChI=1S/C10H12FNO2/c1-10(2,11)8(13)7-5-4-6-12-9(7)14-3/h4-6H,1-3H3. The second kappa shape index (κ2) is 3.74. The molecule has 1 heterocycles. The topological polar surface area (TPSA) is 39.2 Å². The SMILES string of the molecule is COc1ncccc1C(=O)C(C)(C)F. The van der Waals surface area contributed by atoms with Gasteiger partial charge in [-0.15, -0.1) is 0 Å². The van der Waals surface area contributed by atoms with Crippen LogP contribution in [0.1, 0.15) is 24.2 Å². The number of carbonyl (C=O) groups excluding carboxylic acids is 1. The van der Waals surface area contributed by atoms with Crippen molar-refractivity contribution in [3.8, 4) is 5.88 Å². The molecule has 1 aromatic heterocycles. The van der Waals surface area contributed by atoms with E-state index in [4.69, 9.17) is 4.74 Å². The lowest BCUT2D eigenvalue weighted by Gasteiger charge is -2.13. The van der Waals surface area contributed by atoms with Crippen molar-refractivity contribution >= 4 is 5.78 Å². The number of carbonyl (C=O) groups is 1. The summed E-state index contributed by atoms with van der Waals surface area (Å²) in [5, 5.41) is 0. The van der Waals surface area contributed by atoms with Crippen LogP contribution in [0.4, 0.5) is 4.39 Å². The molecule has 0 bridgehead atoms. The van der Waals surface area contributed by atoms with Gasteiger partial charge < -0.3 is 4.74 Å². The van der Waals surface area contributed by atoms with Gasteiger partial charge in [0.2, 0.25) is 11.7 Å². The predicted molar refractivity (Wildman–Crippen MR) is 50.3 cm³/mol. The van der Waals surface area contributed by atoms with E-state index in [0.29, 0.717) is 0 Å². The quantitative estimate of drug-likeness (QED) is 0.696. The van der Waals surface area contributed by atoms with Gasteiger partial charge in [0, 0.05) is 6.20 Å². The zero-order valence-electron chi connectivity index (χ0n) is 8.37. The van der Waals surface area contributed by atoms with Gasteiger partial charge >= 0.3 is 0 Å². The Balaban J connectivity index is 3.13. The molecule has 0 fully saturated rings. The van der Waals surface area contributed by atoms with Crippen molar-refractivity contribution < 1.29 is 13.9 Å². The number of alkyl halides is 1. The third-order valence-electron chi connectivity index (χ3n) is 1.75. The summed E-state index contributed by atoms with van der Waals surface area (Å²) in [7, 11) is 1.39. The lowest BCUT2D eigenvalue weighted by atomic mass is 9.99. The van der Waals surface area contributed by atoms with E-state index in [0.717, 1.165) is 0 Å². The summed E-state index contributed by atoms with van der Waals surface area (Å²) in [6.45, 7) is 2.42. The molecule has 1 rings (SSSR count). The van der Waals surface area contributed by atoms with Crippen LogP contribution in [0.15, 0.2) is 18.3 Å². The van der Waals surface area contributed by atoms with Crippen molar-refractivity contribution in [2.24, 2.45) is 0 Å². The fourth-order valence-electron chi connectivity index (χ4n) is 1.05. The van der Waals surface area contributed by atoms with Crippen molar-refractivity contribution in [3.63, 3.8) is 0 Å². The molecule has 0 spiro atoms. The maximum atomic E-state index is 13.4. The molecule has 0 atom stereocenters. The smallest absolute Gasteiger partial charge is 0.224 e. The second-order valence-electron chi connectivity index (χ2n) is 3.36. The summed E-state index contributed by atoms with van der Waals surface area (Å²) >= 11 is 0. The van der Waals surface area contributed by atoms with Crippen LogP contribution in [0.3, 0.4) is 0 Å². The van der Waals surface area contributed by atoms with E-state index in [1.165, 1.54) is 33.2 Å². The van der Waals surface area contributed by atoms with Crippen LogP contribution in [0.25, 0.3) is 0 Å². The number of nitrogens with zero attached hydrogens (tertiary/aromatic N) is 1. The maximum absolute atomic E-state index is 13.4. The van der Waals surface area contributed by atoms with Crippen LogP contribution in [0.5, 0.6) is 5.88 Å². The highest BCUT2D eigenvalue weighted by Crippen LogP contribution is 2.22. The zero-order valence-corrected chi connectivity index (χ0v) is 8.37. The number of pyridine rings is 1. The van der Waals surface area contributed by atoms with E-state index in [9.17, 15) is 9.18 Å². The van der Waals surface area contributed by atoms with Crippen molar-refractivity contribution in [1.29, 1.82) is 0 Å². The third-order valence-corrected chi connectivity index (χ3v) is 1.75. The van der Waals surface area contributed by atoms with Gasteiger partial charge in [0.25, 0.3) is 0 Å². The van der Waals surface area contributed by atoms with Crippen LogP contribution in [0, 0.1) is 0 Å². The molecule has 1 aromatic rings. The molecule has 0 amide bonds. The number of hydrogen-bond donors (Lipinski definition) is 0.